The van der Waals surface area contributed by atoms with E-state index >= 15 is 0 Å². The smallest absolute Gasteiger partial charge is 0.323 e. The van der Waals surface area contributed by atoms with Gasteiger partial charge in [-0.05, 0) is 23.3 Å². The van der Waals surface area contributed by atoms with E-state index in [2.05, 4.69) is 0 Å². The summed E-state index contributed by atoms with van der Waals surface area (Å²) < 4.78 is 5.54. The Labute approximate surface area is 140 Å². The summed E-state index contributed by atoms with van der Waals surface area (Å²) in [6, 6.07) is 25.6. The van der Waals surface area contributed by atoms with Crippen LogP contribution >= 0.6 is 0 Å². The fourth-order valence-corrected chi connectivity index (χ4v) is 2.59. The quantitative estimate of drug-likeness (QED) is 0.402. The van der Waals surface area contributed by atoms with E-state index in [1.54, 1.807) is 24.3 Å². The van der Waals surface area contributed by atoms with Gasteiger partial charge in [-0.15, -0.1) is 0 Å². The Bertz CT molecular complexity index is 786. The average Bonchev–Trinajstić information content (AvgIpc) is 2.64. The van der Waals surface area contributed by atoms with Crippen LogP contribution in [0.5, 0.6) is 5.75 Å². The predicted molar refractivity (Wildman–Crippen MR) is 92.2 cm³/mol. The lowest BCUT2D eigenvalue weighted by Crippen LogP contribution is -2.20. The molecule has 118 valence electrons. The normalized spacial score (nSPS) is 10.4. The summed E-state index contributed by atoms with van der Waals surface area (Å²) in [5, 5.41) is 0. The van der Waals surface area contributed by atoms with Gasteiger partial charge in [0.05, 0.1) is 5.56 Å². The maximum absolute atomic E-state index is 12.8. The van der Waals surface area contributed by atoms with Gasteiger partial charge in [-0.25, -0.2) is 0 Å². The van der Waals surface area contributed by atoms with Gasteiger partial charge in [-0.1, -0.05) is 72.8 Å². The first-order valence-electron chi connectivity index (χ1n) is 7.65. The van der Waals surface area contributed by atoms with Crippen molar-refractivity contribution in [1.82, 2.24) is 0 Å². The third kappa shape index (κ3) is 3.41. The molecule has 0 saturated heterocycles. The molecule has 0 radical (unpaired) electrons. The van der Waals surface area contributed by atoms with E-state index in [1.807, 2.05) is 60.7 Å². The van der Waals surface area contributed by atoms with Crippen molar-refractivity contribution in [2.45, 2.75) is 5.92 Å². The Kier molecular flexibility index (Phi) is 4.82. The standard InChI is InChI=1S/C21H16O3/c22-15-18-13-7-8-14-19(18)24-21(23)20(16-9-3-1-4-10-16)17-11-5-2-6-12-17/h1-15,20H. The lowest BCUT2D eigenvalue weighted by molar-refractivity contribution is -0.135. The maximum atomic E-state index is 12.8. The van der Waals surface area contributed by atoms with E-state index in [9.17, 15) is 9.59 Å². The Morgan fingerprint density at radius 1 is 0.750 bits per heavy atom. The first kappa shape index (κ1) is 15.7. The summed E-state index contributed by atoms with van der Waals surface area (Å²) in [5.41, 5.74) is 2.04. The first-order valence-corrected chi connectivity index (χ1v) is 7.65. The zero-order chi connectivity index (χ0) is 16.8. The summed E-state index contributed by atoms with van der Waals surface area (Å²) in [5.74, 6) is -0.692. The number of ether oxygens (including phenoxy) is 1. The number of carbonyl (C=O) groups excluding carboxylic acids is 2. The van der Waals surface area contributed by atoms with E-state index in [-0.39, 0.29) is 5.75 Å². The zero-order valence-corrected chi connectivity index (χ0v) is 13.0. The van der Waals surface area contributed by atoms with Crippen LogP contribution in [0.2, 0.25) is 0 Å². The highest BCUT2D eigenvalue weighted by Gasteiger charge is 2.25. The molecule has 0 atom stereocenters. The van der Waals surface area contributed by atoms with Crippen LogP contribution in [0.25, 0.3) is 0 Å². The molecule has 0 bridgehead atoms. The molecule has 0 heterocycles. The largest absolute Gasteiger partial charge is 0.425 e. The highest BCUT2D eigenvalue weighted by Crippen LogP contribution is 2.27. The number of hydrogen-bond acceptors (Lipinski definition) is 3. The lowest BCUT2D eigenvalue weighted by atomic mass is 9.91. The summed E-state index contributed by atoms with van der Waals surface area (Å²) >= 11 is 0. The van der Waals surface area contributed by atoms with E-state index in [0.717, 1.165) is 11.1 Å². The molecular formula is C21H16O3. The molecule has 24 heavy (non-hydrogen) atoms. The monoisotopic (exact) mass is 316 g/mol. The Balaban J connectivity index is 1.97. The number of aldehydes is 1. The summed E-state index contributed by atoms with van der Waals surface area (Å²) in [6.45, 7) is 0. The molecule has 0 aromatic heterocycles. The number of benzene rings is 3. The molecule has 3 rings (SSSR count). The molecule has 0 spiro atoms. The third-order valence-corrected chi connectivity index (χ3v) is 3.76. The van der Waals surface area contributed by atoms with Gasteiger partial charge in [-0.3, -0.25) is 9.59 Å². The van der Waals surface area contributed by atoms with Crippen LogP contribution in [-0.2, 0) is 4.79 Å². The third-order valence-electron chi connectivity index (χ3n) is 3.76. The topological polar surface area (TPSA) is 43.4 Å². The van der Waals surface area contributed by atoms with Gasteiger partial charge in [0, 0.05) is 0 Å². The Morgan fingerprint density at radius 2 is 1.25 bits per heavy atom. The number of hydrogen-bond donors (Lipinski definition) is 0. The van der Waals surface area contributed by atoms with Gasteiger partial charge in [0.2, 0.25) is 0 Å². The van der Waals surface area contributed by atoms with Gasteiger partial charge in [0.1, 0.15) is 11.7 Å². The van der Waals surface area contributed by atoms with Crippen molar-refractivity contribution in [3.8, 4) is 5.75 Å². The van der Waals surface area contributed by atoms with Crippen molar-refractivity contribution < 1.29 is 14.3 Å². The van der Waals surface area contributed by atoms with Gasteiger partial charge >= 0.3 is 5.97 Å². The molecule has 3 heteroatoms. The van der Waals surface area contributed by atoms with Gasteiger partial charge in [0.25, 0.3) is 0 Å². The van der Waals surface area contributed by atoms with E-state index < -0.39 is 11.9 Å². The molecule has 3 nitrogen and oxygen atoms in total. The van der Waals surface area contributed by atoms with Crippen LogP contribution < -0.4 is 4.74 Å². The van der Waals surface area contributed by atoms with E-state index in [0.29, 0.717) is 11.8 Å². The van der Waals surface area contributed by atoms with Crippen molar-refractivity contribution in [2.24, 2.45) is 0 Å². The molecule has 0 unspecified atom stereocenters. The first-order chi connectivity index (χ1) is 11.8. The minimum absolute atomic E-state index is 0.273. The van der Waals surface area contributed by atoms with Gasteiger partial charge in [0.15, 0.2) is 6.29 Å². The van der Waals surface area contributed by atoms with Crippen molar-refractivity contribution in [3.63, 3.8) is 0 Å². The maximum Gasteiger partial charge on any atom is 0.323 e. The van der Waals surface area contributed by atoms with Crippen molar-refractivity contribution >= 4 is 12.3 Å². The second-order valence-corrected chi connectivity index (χ2v) is 5.33. The van der Waals surface area contributed by atoms with Crippen LogP contribution in [0.1, 0.15) is 27.4 Å². The molecule has 0 fully saturated rings. The fourth-order valence-electron chi connectivity index (χ4n) is 2.59. The molecule has 3 aromatic carbocycles. The van der Waals surface area contributed by atoms with Crippen LogP contribution in [0.3, 0.4) is 0 Å². The molecule has 0 aliphatic rings. The van der Waals surface area contributed by atoms with E-state index in [4.69, 9.17) is 4.74 Å². The Morgan fingerprint density at radius 3 is 1.79 bits per heavy atom. The zero-order valence-electron chi connectivity index (χ0n) is 13.0. The highest BCUT2D eigenvalue weighted by molar-refractivity contribution is 5.87. The molecule has 0 saturated carbocycles. The molecule has 0 aliphatic heterocycles. The lowest BCUT2D eigenvalue weighted by Gasteiger charge is -2.17. The minimum Gasteiger partial charge on any atom is -0.425 e. The van der Waals surface area contributed by atoms with Crippen LogP contribution in [-0.4, -0.2) is 12.3 Å². The SMILES string of the molecule is O=Cc1ccccc1OC(=O)C(c1ccccc1)c1ccccc1. The van der Waals surface area contributed by atoms with Gasteiger partial charge in [-0.2, -0.15) is 0 Å². The minimum atomic E-state index is -0.549. The van der Waals surface area contributed by atoms with Crippen molar-refractivity contribution in [3.05, 3.63) is 102 Å². The van der Waals surface area contributed by atoms with Crippen molar-refractivity contribution in [2.75, 3.05) is 0 Å². The molecule has 0 amide bonds. The average molecular weight is 316 g/mol. The summed E-state index contributed by atoms with van der Waals surface area (Å²) in [7, 11) is 0. The van der Waals surface area contributed by atoms with Crippen LogP contribution in [0.4, 0.5) is 0 Å². The summed E-state index contributed by atoms with van der Waals surface area (Å²) in [4.78, 5) is 24.0. The van der Waals surface area contributed by atoms with E-state index in [1.165, 1.54) is 0 Å². The highest BCUT2D eigenvalue weighted by atomic mass is 16.5. The second-order valence-electron chi connectivity index (χ2n) is 5.33. The Hall–Kier alpha value is -3.20. The number of carbonyl (C=O) groups is 2. The molecule has 0 N–H and O–H groups in total. The van der Waals surface area contributed by atoms with Crippen LogP contribution in [0, 0.1) is 0 Å². The molecular weight excluding hydrogens is 300 g/mol. The number of esters is 1. The van der Waals surface area contributed by atoms with Crippen molar-refractivity contribution in [1.29, 1.82) is 0 Å². The number of para-hydroxylation sites is 1. The predicted octanol–water partition coefficient (Wildman–Crippen LogP) is 4.24. The van der Waals surface area contributed by atoms with Gasteiger partial charge < -0.3 is 4.74 Å². The fraction of sp³-hybridized carbons (Fsp3) is 0.0476. The molecule has 0 aliphatic carbocycles. The molecule has 3 aromatic rings. The van der Waals surface area contributed by atoms with Crippen LogP contribution in [0.15, 0.2) is 84.9 Å². The second kappa shape index (κ2) is 7.38. The number of rotatable bonds is 5. The summed E-state index contributed by atoms with van der Waals surface area (Å²) in [6.07, 6.45) is 0.683.